The molecule has 0 spiro atoms. The van der Waals surface area contributed by atoms with Crippen molar-refractivity contribution in [3.05, 3.63) is 82.4 Å². The van der Waals surface area contributed by atoms with Gasteiger partial charge >= 0.3 is 5.97 Å². The topological polar surface area (TPSA) is 57.7 Å². The fourth-order valence-electron chi connectivity index (χ4n) is 3.36. The van der Waals surface area contributed by atoms with Gasteiger partial charge in [-0.1, -0.05) is 37.8 Å². The molecular weight excluding hydrogens is 450 g/mol. The largest absolute Gasteiger partial charge is 0.494 e. The number of carbonyl (C=O) groups is 1. The zero-order valence-corrected chi connectivity index (χ0v) is 20.2. The molecule has 0 bridgehead atoms. The molecule has 1 heterocycles. The summed E-state index contributed by atoms with van der Waals surface area (Å²) in [4.78, 5) is 15.6. The predicted molar refractivity (Wildman–Crippen MR) is 135 cm³/mol. The first-order valence-corrected chi connectivity index (χ1v) is 11.8. The van der Waals surface area contributed by atoms with Crippen molar-refractivity contribution in [2.24, 2.45) is 0 Å². The second-order valence-electron chi connectivity index (χ2n) is 7.65. The van der Waals surface area contributed by atoms with E-state index in [1.807, 2.05) is 36.4 Å². The molecule has 0 N–H and O–H groups in total. The molecule has 34 heavy (non-hydrogen) atoms. The minimum Gasteiger partial charge on any atom is -0.494 e. The van der Waals surface area contributed by atoms with Crippen LogP contribution in [0.15, 0.2) is 60.4 Å². The summed E-state index contributed by atoms with van der Waals surface area (Å²) < 4.78 is 12.6. The molecule has 6 nitrogen and oxygen atoms in total. The third-order valence-corrected chi connectivity index (χ3v) is 5.38. The van der Waals surface area contributed by atoms with E-state index in [2.05, 4.69) is 11.8 Å². The highest BCUT2D eigenvalue weighted by molar-refractivity contribution is 6.30. The van der Waals surface area contributed by atoms with Crippen molar-refractivity contribution < 1.29 is 14.3 Å². The molecule has 3 aromatic rings. The number of ether oxygens (including phenoxy) is 2. The molecule has 1 aromatic heterocycles. The first-order chi connectivity index (χ1) is 16.5. The molecule has 3 rings (SSSR count). The molecule has 0 fully saturated rings. The molecule has 176 valence electrons. The van der Waals surface area contributed by atoms with E-state index in [4.69, 9.17) is 32.7 Å². The summed E-state index contributed by atoms with van der Waals surface area (Å²) in [5, 5.41) is 5.36. The van der Waals surface area contributed by atoms with Crippen LogP contribution >= 0.6 is 11.6 Å². The van der Waals surface area contributed by atoms with Gasteiger partial charge in [0.15, 0.2) is 0 Å². The average Bonchev–Trinajstić information content (AvgIpc) is 3.27. The Morgan fingerprint density at radius 2 is 1.82 bits per heavy atom. The molecule has 2 aromatic carbocycles. The van der Waals surface area contributed by atoms with Crippen molar-refractivity contribution in [1.82, 2.24) is 9.78 Å². The number of aromatic nitrogens is 2. The summed E-state index contributed by atoms with van der Waals surface area (Å²) in [6.45, 7) is 12.2. The number of nitrogens with zero attached hydrogens (tertiary/aromatic N) is 3. The zero-order valence-electron chi connectivity index (χ0n) is 19.5. The van der Waals surface area contributed by atoms with Crippen LogP contribution in [-0.2, 0) is 9.53 Å². The lowest BCUT2D eigenvalue weighted by molar-refractivity contribution is -0.138. The van der Waals surface area contributed by atoms with E-state index in [9.17, 15) is 4.79 Å². The van der Waals surface area contributed by atoms with Crippen LogP contribution < -0.4 is 4.74 Å². The van der Waals surface area contributed by atoms with Crippen LogP contribution in [0.3, 0.4) is 0 Å². The number of carbonyl (C=O) groups excluding carboxylic acids is 1. The quantitative estimate of drug-likeness (QED) is 0.129. The molecule has 0 aliphatic heterocycles. The summed E-state index contributed by atoms with van der Waals surface area (Å²) in [7, 11) is 0. The summed E-state index contributed by atoms with van der Waals surface area (Å²) in [5.74, 6) is 0.136. The van der Waals surface area contributed by atoms with Crippen LogP contribution in [0.2, 0.25) is 5.02 Å². The maximum Gasteiger partial charge on any atom is 0.336 e. The van der Waals surface area contributed by atoms with E-state index in [-0.39, 0.29) is 12.3 Å². The molecule has 0 aliphatic carbocycles. The molecule has 0 unspecified atom stereocenters. The highest BCUT2D eigenvalue weighted by Gasteiger charge is 2.16. The van der Waals surface area contributed by atoms with Crippen molar-refractivity contribution in [2.75, 3.05) is 13.2 Å². The lowest BCUT2D eigenvalue weighted by Crippen LogP contribution is -2.04. The van der Waals surface area contributed by atoms with E-state index < -0.39 is 5.97 Å². The predicted octanol–water partition coefficient (Wildman–Crippen LogP) is 6.98. The van der Waals surface area contributed by atoms with Crippen LogP contribution in [0, 0.1) is 6.57 Å². The Bertz CT molecular complexity index is 1160. The smallest absolute Gasteiger partial charge is 0.336 e. The summed E-state index contributed by atoms with van der Waals surface area (Å²) >= 11 is 6.02. The number of halogens is 1. The van der Waals surface area contributed by atoms with E-state index in [0.717, 1.165) is 29.8 Å². The van der Waals surface area contributed by atoms with Crippen molar-refractivity contribution >= 4 is 23.6 Å². The van der Waals surface area contributed by atoms with Gasteiger partial charge in [-0.2, -0.15) is 5.10 Å². The zero-order chi connectivity index (χ0) is 24.3. The number of esters is 1. The Morgan fingerprint density at radius 1 is 1.09 bits per heavy atom. The fourth-order valence-corrected chi connectivity index (χ4v) is 3.49. The molecule has 0 radical (unpaired) electrons. The van der Waals surface area contributed by atoms with Gasteiger partial charge in [0, 0.05) is 22.3 Å². The van der Waals surface area contributed by atoms with Crippen LogP contribution in [0.4, 0.5) is 0 Å². The standard InChI is InChI=1S/C27H28ClN3O3/c1-4-6-7-8-17-34-24-15-9-20(10-16-24)26-21(18-25(29-3)27(32)33-5-2)19-31(30-26)23-13-11-22(28)12-14-23/h9-16,18-19H,4-8,17H2,1-2H3/b25-18+. The number of benzene rings is 2. The van der Waals surface area contributed by atoms with Gasteiger partial charge in [-0.25, -0.2) is 9.53 Å². The number of hydrogen-bond acceptors (Lipinski definition) is 4. The monoisotopic (exact) mass is 477 g/mol. The van der Waals surface area contributed by atoms with Crippen molar-refractivity contribution in [2.45, 2.75) is 39.5 Å². The minimum atomic E-state index is -0.658. The highest BCUT2D eigenvalue weighted by Crippen LogP contribution is 2.28. The maximum atomic E-state index is 12.2. The lowest BCUT2D eigenvalue weighted by atomic mass is 10.1. The summed E-state index contributed by atoms with van der Waals surface area (Å²) in [6.07, 6.45) is 7.89. The van der Waals surface area contributed by atoms with Crippen molar-refractivity contribution in [3.63, 3.8) is 0 Å². The molecule has 0 amide bonds. The first kappa shape index (κ1) is 25.1. The maximum absolute atomic E-state index is 12.2. The van der Waals surface area contributed by atoms with Gasteiger partial charge in [0.05, 0.1) is 31.2 Å². The number of rotatable bonds is 11. The summed E-state index contributed by atoms with van der Waals surface area (Å²) in [6, 6.07) is 14.9. The second-order valence-corrected chi connectivity index (χ2v) is 8.09. The molecule has 0 saturated carbocycles. The summed E-state index contributed by atoms with van der Waals surface area (Å²) in [5.41, 5.74) is 2.80. The van der Waals surface area contributed by atoms with Crippen LogP contribution in [0.1, 0.15) is 45.1 Å². The number of hydrogen-bond donors (Lipinski definition) is 0. The first-order valence-electron chi connectivity index (χ1n) is 11.4. The Labute approximate surface area is 205 Å². The van der Waals surface area contributed by atoms with E-state index in [1.54, 1.807) is 29.9 Å². The highest BCUT2D eigenvalue weighted by atomic mass is 35.5. The van der Waals surface area contributed by atoms with Crippen LogP contribution in [-0.4, -0.2) is 29.0 Å². The van der Waals surface area contributed by atoms with Crippen molar-refractivity contribution in [1.29, 1.82) is 0 Å². The van der Waals surface area contributed by atoms with Gasteiger partial charge < -0.3 is 9.47 Å². The van der Waals surface area contributed by atoms with Crippen LogP contribution in [0.25, 0.3) is 27.9 Å². The molecule has 0 saturated heterocycles. The fraction of sp³-hybridized carbons (Fsp3) is 0.296. The van der Waals surface area contributed by atoms with E-state index in [1.165, 1.54) is 18.9 Å². The Kier molecular flexibility index (Phi) is 9.30. The Morgan fingerprint density at radius 3 is 2.47 bits per heavy atom. The minimum absolute atomic E-state index is 0.106. The van der Waals surface area contributed by atoms with Gasteiger partial charge in [0.1, 0.15) is 5.75 Å². The van der Waals surface area contributed by atoms with Gasteiger partial charge in [-0.15, -0.1) is 0 Å². The van der Waals surface area contributed by atoms with Gasteiger partial charge in [-0.05, 0) is 68.0 Å². The molecular formula is C27H28ClN3O3. The average molecular weight is 478 g/mol. The normalized spacial score (nSPS) is 11.2. The van der Waals surface area contributed by atoms with Gasteiger partial charge in [-0.3, -0.25) is 4.79 Å². The van der Waals surface area contributed by atoms with Gasteiger partial charge in [0.25, 0.3) is 5.70 Å². The van der Waals surface area contributed by atoms with E-state index >= 15 is 0 Å². The molecule has 0 aliphatic rings. The third-order valence-electron chi connectivity index (χ3n) is 5.13. The second kappa shape index (κ2) is 12.6. The van der Waals surface area contributed by atoms with Crippen molar-refractivity contribution in [3.8, 4) is 22.7 Å². The Hall–Kier alpha value is -3.56. The molecule has 0 atom stereocenters. The number of unbranched alkanes of at least 4 members (excludes halogenated alkanes) is 3. The SMILES string of the molecule is [C-]#[N+]/C(=C/c1cn(-c2ccc(Cl)cc2)nc1-c1ccc(OCCCCCC)cc1)C(=O)OCC. The van der Waals surface area contributed by atoms with Gasteiger partial charge in [0.2, 0.25) is 0 Å². The van der Waals surface area contributed by atoms with E-state index in [0.29, 0.717) is 22.9 Å². The molecule has 7 heteroatoms. The third kappa shape index (κ3) is 6.72. The Balaban J connectivity index is 1.92. The lowest BCUT2D eigenvalue weighted by Gasteiger charge is -2.07. The van der Waals surface area contributed by atoms with Crippen LogP contribution in [0.5, 0.6) is 5.75 Å².